The van der Waals surface area contributed by atoms with E-state index in [4.69, 9.17) is 14.2 Å². The van der Waals surface area contributed by atoms with Gasteiger partial charge in [-0.15, -0.1) is 0 Å². The number of hydrogen-bond donors (Lipinski definition) is 1. The molecule has 0 aliphatic heterocycles. The molecule has 4 rings (SSSR count). The quantitative estimate of drug-likeness (QED) is 0.294. The number of fused-ring (bicyclic) bond motifs is 1. The van der Waals surface area contributed by atoms with Gasteiger partial charge in [-0.2, -0.15) is 4.98 Å². The van der Waals surface area contributed by atoms with E-state index >= 15 is 0 Å². The van der Waals surface area contributed by atoms with Gasteiger partial charge in [0.05, 0.1) is 19.1 Å². The fourth-order valence-corrected chi connectivity index (χ4v) is 3.36. The van der Waals surface area contributed by atoms with Gasteiger partial charge in [-0.05, 0) is 36.2 Å². The van der Waals surface area contributed by atoms with Gasteiger partial charge in [0.2, 0.25) is 5.82 Å². The third kappa shape index (κ3) is 4.74. The fourth-order valence-electron chi connectivity index (χ4n) is 3.36. The molecule has 2 aromatic carbocycles. The molecular weight excluding hydrogens is 426 g/mol. The molecule has 10 nitrogen and oxygen atoms in total. The van der Waals surface area contributed by atoms with Gasteiger partial charge >= 0.3 is 11.6 Å². The monoisotopic (exact) mass is 447 g/mol. The smallest absolute Gasteiger partial charge is 0.373 e. The van der Waals surface area contributed by atoms with Crippen molar-refractivity contribution >= 4 is 22.4 Å². The summed E-state index contributed by atoms with van der Waals surface area (Å²) in [5.74, 6) is 1.51. The van der Waals surface area contributed by atoms with Crippen LogP contribution in [0.4, 0.5) is 11.5 Å². The number of nitrogens with zero attached hydrogens (tertiary/aromatic N) is 4. The number of anilines is 1. The van der Waals surface area contributed by atoms with Gasteiger partial charge in [0, 0.05) is 18.1 Å². The first kappa shape index (κ1) is 21.8. The van der Waals surface area contributed by atoms with Crippen LogP contribution in [0.25, 0.3) is 10.9 Å². The number of ether oxygens (including phenoxy) is 3. The molecule has 0 radical (unpaired) electrons. The van der Waals surface area contributed by atoms with E-state index in [1.165, 1.54) is 6.33 Å². The SMILES string of the molecule is COc1ccc(CCNc2ncnc(Oc3cccc4cccnc34)c2[N+](=O)[O-])cc1OC. The van der Waals surface area contributed by atoms with Gasteiger partial charge in [-0.3, -0.25) is 15.1 Å². The van der Waals surface area contributed by atoms with Crippen molar-refractivity contribution in [2.24, 2.45) is 0 Å². The van der Waals surface area contributed by atoms with Crippen LogP contribution < -0.4 is 19.5 Å². The summed E-state index contributed by atoms with van der Waals surface area (Å²) in [6, 6.07) is 14.6. The molecule has 0 spiro atoms. The van der Waals surface area contributed by atoms with Gasteiger partial charge in [0.15, 0.2) is 17.2 Å². The maximum Gasteiger partial charge on any atom is 0.373 e. The first-order chi connectivity index (χ1) is 16.1. The maximum absolute atomic E-state index is 11.8. The lowest BCUT2D eigenvalue weighted by Crippen LogP contribution is -2.10. The summed E-state index contributed by atoms with van der Waals surface area (Å²) < 4.78 is 16.4. The normalized spacial score (nSPS) is 10.6. The molecule has 2 heterocycles. The van der Waals surface area contributed by atoms with Crippen LogP contribution in [-0.2, 0) is 6.42 Å². The summed E-state index contributed by atoms with van der Waals surface area (Å²) in [4.78, 5) is 23.6. The van der Waals surface area contributed by atoms with Crippen LogP contribution in [0.1, 0.15) is 5.56 Å². The summed E-state index contributed by atoms with van der Waals surface area (Å²) >= 11 is 0. The molecule has 168 valence electrons. The van der Waals surface area contributed by atoms with Gasteiger partial charge in [-0.25, -0.2) is 4.98 Å². The number of nitro groups is 1. The van der Waals surface area contributed by atoms with Crippen LogP contribution in [0.3, 0.4) is 0 Å². The van der Waals surface area contributed by atoms with E-state index in [-0.39, 0.29) is 17.4 Å². The van der Waals surface area contributed by atoms with Crippen molar-refractivity contribution < 1.29 is 19.1 Å². The van der Waals surface area contributed by atoms with Gasteiger partial charge in [-0.1, -0.05) is 24.3 Å². The molecule has 0 aliphatic rings. The average molecular weight is 447 g/mol. The predicted octanol–water partition coefficient (Wildman–Crippen LogP) is 4.40. The molecule has 0 aliphatic carbocycles. The number of benzene rings is 2. The Hall–Kier alpha value is -4.47. The van der Waals surface area contributed by atoms with E-state index < -0.39 is 4.92 Å². The van der Waals surface area contributed by atoms with Crippen LogP contribution in [0, 0.1) is 10.1 Å². The maximum atomic E-state index is 11.8. The van der Waals surface area contributed by atoms with Gasteiger partial charge < -0.3 is 19.5 Å². The largest absolute Gasteiger partial charge is 0.493 e. The van der Waals surface area contributed by atoms with Crippen molar-refractivity contribution in [3.05, 3.63) is 76.7 Å². The number of aromatic nitrogens is 3. The number of nitrogens with one attached hydrogen (secondary N) is 1. The topological polar surface area (TPSA) is 122 Å². The number of hydrogen-bond acceptors (Lipinski definition) is 9. The molecule has 0 unspecified atom stereocenters. The summed E-state index contributed by atoms with van der Waals surface area (Å²) in [6.07, 6.45) is 3.43. The van der Waals surface area contributed by atoms with Crippen molar-refractivity contribution in [1.82, 2.24) is 15.0 Å². The van der Waals surface area contributed by atoms with E-state index in [0.29, 0.717) is 35.7 Å². The van der Waals surface area contributed by atoms with Crippen molar-refractivity contribution in [1.29, 1.82) is 0 Å². The zero-order valence-electron chi connectivity index (χ0n) is 18.0. The van der Waals surface area contributed by atoms with Crippen molar-refractivity contribution in [3.63, 3.8) is 0 Å². The number of pyridine rings is 1. The summed E-state index contributed by atoms with van der Waals surface area (Å²) in [7, 11) is 3.14. The number of rotatable bonds is 9. The standard InChI is InChI=1S/C23H21N5O5/c1-31-17-9-8-15(13-19(17)32-2)10-12-25-22-21(28(29)30)23(27-14-26-22)33-18-7-3-5-16-6-4-11-24-20(16)18/h3-9,11,13-14H,10,12H2,1-2H3,(H,25,26,27). The Bertz CT molecular complexity index is 1290. The molecule has 0 saturated carbocycles. The molecule has 33 heavy (non-hydrogen) atoms. The van der Waals surface area contributed by atoms with Gasteiger partial charge in [0.1, 0.15) is 11.8 Å². The van der Waals surface area contributed by atoms with Crippen molar-refractivity contribution in [2.45, 2.75) is 6.42 Å². The Morgan fingerprint density at radius 1 is 0.970 bits per heavy atom. The van der Waals surface area contributed by atoms with Gasteiger partial charge in [0.25, 0.3) is 0 Å². The Kier molecular flexibility index (Phi) is 6.44. The highest BCUT2D eigenvalue weighted by Crippen LogP contribution is 2.36. The molecule has 2 aromatic heterocycles. The van der Waals surface area contributed by atoms with E-state index in [1.807, 2.05) is 30.3 Å². The summed E-state index contributed by atoms with van der Waals surface area (Å²) in [5.41, 5.74) is 1.20. The minimum absolute atomic E-state index is 0.0682. The molecule has 0 atom stereocenters. The van der Waals surface area contributed by atoms with Crippen molar-refractivity contribution in [3.8, 4) is 23.1 Å². The van der Waals surface area contributed by atoms with Crippen LogP contribution in [0.2, 0.25) is 0 Å². The lowest BCUT2D eigenvalue weighted by atomic mass is 10.1. The average Bonchev–Trinajstić information content (AvgIpc) is 2.84. The minimum Gasteiger partial charge on any atom is -0.493 e. The first-order valence-corrected chi connectivity index (χ1v) is 10.1. The second-order valence-corrected chi connectivity index (χ2v) is 6.93. The highest BCUT2D eigenvalue weighted by molar-refractivity contribution is 5.84. The summed E-state index contributed by atoms with van der Waals surface area (Å²) in [5, 5.41) is 15.7. The number of para-hydroxylation sites is 1. The third-order valence-electron chi connectivity index (χ3n) is 4.93. The van der Waals surface area contributed by atoms with Crippen LogP contribution in [0.15, 0.2) is 61.1 Å². The molecule has 1 N–H and O–H groups in total. The molecule has 0 bridgehead atoms. The Morgan fingerprint density at radius 2 is 1.79 bits per heavy atom. The summed E-state index contributed by atoms with van der Waals surface area (Å²) in [6.45, 7) is 0.391. The second kappa shape index (κ2) is 9.77. The molecule has 0 amide bonds. The van der Waals surface area contributed by atoms with Crippen molar-refractivity contribution in [2.75, 3.05) is 26.1 Å². The zero-order chi connectivity index (χ0) is 23.2. The van der Waals surface area contributed by atoms with Crippen LogP contribution in [-0.4, -0.2) is 40.6 Å². The molecule has 0 fully saturated rings. The van der Waals surface area contributed by atoms with E-state index in [2.05, 4.69) is 20.3 Å². The molecular formula is C23H21N5O5. The second-order valence-electron chi connectivity index (χ2n) is 6.93. The lowest BCUT2D eigenvalue weighted by Gasteiger charge is -2.11. The highest BCUT2D eigenvalue weighted by Gasteiger charge is 2.25. The van der Waals surface area contributed by atoms with Crippen LogP contribution in [0.5, 0.6) is 23.1 Å². The lowest BCUT2D eigenvalue weighted by molar-refractivity contribution is -0.385. The number of methoxy groups -OCH3 is 2. The Balaban J connectivity index is 1.55. The fraction of sp³-hybridized carbons (Fsp3) is 0.174. The Morgan fingerprint density at radius 3 is 2.58 bits per heavy atom. The molecule has 4 aromatic rings. The Labute approximate surface area is 189 Å². The van der Waals surface area contributed by atoms with Crippen LogP contribution >= 0.6 is 0 Å². The molecule has 10 heteroatoms. The minimum atomic E-state index is -0.563. The first-order valence-electron chi connectivity index (χ1n) is 10.1. The van der Waals surface area contributed by atoms with E-state index in [1.54, 1.807) is 38.6 Å². The zero-order valence-corrected chi connectivity index (χ0v) is 18.0. The van der Waals surface area contributed by atoms with E-state index in [9.17, 15) is 10.1 Å². The third-order valence-corrected chi connectivity index (χ3v) is 4.93. The van der Waals surface area contributed by atoms with E-state index in [0.717, 1.165) is 10.9 Å². The highest BCUT2D eigenvalue weighted by atomic mass is 16.6. The molecule has 0 saturated heterocycles. The predicted molar refractivity (Wildman–Crippen MR) is 122 cm³/mol.